The summed E-state index contributed by atoms with van der Waals surface area (Å²) >= 11 is 16.2. The van der Waals surface area contributed by atoms with E-state index in [-0.39, 0.29) is 5.91 Å². The molecule has 0 saturated carbocycles. The Morgan fingerprint density at radius 2 is 1.92 bits per heavy atom. The molecule has 3 nitrogen and oxygen atoms in total. The summed E-state index contributed by atoms with van der Waals surface area (Å²) in [6.45, 7) is 0. The van der Waals surface area contributed by atoms with E-state index >= 15 is 0 Å². The van der Waals surface area contributed by atoms with E-state index in [2.05, 4.69) is 20.9 Å². The lowest BCUT2D eigenvalue weighted by Gasteiger charge is -2.17. The highest BCUT2D eigenvalue weighted by molar-refractivity contribution is 9.10. The van der Waals surface area contributed by atoms with E-state index in [1.165, 1.54) is 11.8 Å². The van der Waals surface area contributed by atoms with Gasteiger partial charge in [0.15, 0.2) is 4.32 Å². The summed E-state index contributed by atoms with van der Waals surface area (Å²) in [7, 11) is 0. The highest BCUT2D eigenvalue weighted by Gasteiger charge is 2.34. The molecule has 0 radical (unpaired) electrons. The number of rotatable bonds is 2. The van der Waals surface area contributed by atoms with Gasteiger partial charge in [0, 0.05) is 21.1 Å². The van der Waals surface area contributed by atoms with Gasteiger partial charge in [0.05, 0.1) is 16.1 Å². The Morgan fingerprint density at radius 1 is 1.15 bits per heavy atom. The van der Waals surface area contributed by atoms with Crippen molar-refractivity contribution in [2.24, 2.45) is 0 Å². The number of benzene rings is 2. The van der Waals surface area contributed by atoms with Crippen LogP contribution in [-0.2, 0) is 4.79 Å². The van der Waals surface area contributed by atoms with E-state index in [0.29, 0.717) is 19.9 Å². The Hall–Kier alpha value is -1.73. The number of anilines is 1. The second-order valence-corrected chi connectivity index (χ2v) is 8.50. The fourth-order valence-corrected chi connectivity index (χ4v) is 4.55. The van der Waals surface area contributed by atoms with Crippen molar-refractivity contribution in [2.75, 3.05) is 4.90 Å². The normalized spacial score (nSPS) is 16.1. The number of hydrogen-bond acceptors (Lipinski definition) is 4. The third-order valence-corrected chi connectivity index (χ3v) is 6.14. The number of aromatic nitrogens is 1. The summed E-state index contributed by atoms with van der Waals surface area (Å²) in [6.07, 6.45) is 3.53. The molecule has 7 heteroatoms. The molecule has 0 atom stereocenters. The van der Waals surface area contributed by atoms with E-state index in [0.717, 1.165) is 20.9 Å². The maximum Gasteiger partial charge on any atom is 0.270 e. The van der Waals surface area contributed by atoms with Crippen molar-refractivity contribution in [1.82, 2.24) is 4.98 Å². The third-order valence-electron chi connectivity index (χ3n) is 3.90. The summed E-state index contributed by atoms with van der Waals surface area (Å²) < 4.78 is 1.41. The number of nitrogens with zero attached hydrogens (tertiary/aromatic N) is 2. The molecule has 128 valence electrons. The molecule has 26 heavy (non-hydrogen) atoms. The zero-order chi connectivity index (χ0) is 18.3. The van der Waals surface area contributed by atoms with E-state index in [1.807, 2.05) is 42.5 Å². The van der Waals surface area contributed by atoms with Crippen LogP contribution in [0, 0.1) is 0 Å². The molecule has 0 unspecified atom stereocenters. The van der Waals surface area contributed by atoms with Crippen molar-refractivity contribution in [3.63, 3.8) is 0 Å². The van der Waals surface area contributed by atoms with Gasteiger partial charge in [-0.2, -0.15) is 0 Å². The van der Waals surface area contributed by atoms with E-state index in [4.69, 9.17) is 23.8 Å². The highest BCUT2D eigenvalue weighted by Crippen LogP contribution is 2.39. The molecule has 1 saturated heterocycles. The molecule has 1 aliphatic heterocycles. The molecule has 2 heterocycles. The third kappa shape index (κ3) is 3.18. The summed E-state index contributed by atoms with van der Waals surface area (Å²) in [4.78, 5) is 19.6. The SMILES string of the molecule is O=C1/C(=C/c2ccc(Cl)cc2)SC(=S)N1c1ccc(Br)c2cccnc12. The van der Waals surface area contributed by atoms with E-state index in [9.17, 15) is 4.79 Å². The Labute approximate surface area is 173 Å². The van der Waals surface area contributed by atoms with Crippen molar-refractivity contribution in [3.05, 3.63) is 74.7 Å². The second kappa shape index (κ2) is 7.12. The number of carbonyl (C=O) groups excluding carboxylic acids is 1. The maximum absolute atomic E-state index is 13.0. The molecule has 4 rings (SSSR count). The monoisotopic (exact) mass is 460 g/mol. The van der Waals surface area contributed by atoms with Gasteiger partial charge in [-0.3, -0.25) is 14.7 Å². The Bertz CT molecular complexity index is 1080. The lowest BCUT2D eigenvalue weighted by Crippen LogP contribution is -2.27. The van der Waals surface area contributed by atoms with Crippen LogP contribution in [0.4, 0.5) is 5.69 Å². The number of fused-ring (bicyclic) bond motifs is 1. The van der Waals surface area contributed by atoms with Crippen molar-refractivity contribution in [1.29, 1.82) is 0 Å². The molecule has 1 aromatic heterocycles. The van der Waals surface area contributed by atoms with Gasteiger partial charge in [0.25, 0.3) is 5.91 Å². The summed E-state index contributed by atoms with van der Waals surface area (Å²) in [5.41, 5.74) is 2.31. The van der Waals surface area contributed by atoms with Gasteiger partial charge in [-0.05, 0) is 42.0 Å². The minimum Gasteiger partial charge on any atom is -0.268 e. The second-order valence-electron chi connectivity index (χ2n) is 5.53. The van der Waals surface area contributed by atoms with Crippen molar-refractivity contribution in [3.8, 4) is 0 Å². The molecule has 1 aliphatic rings. The van der Waals surface area contributed by atoms with Gasteiger partial charge in [-0.15, -0.1) is 0 Å². The summed E-state index contributed by atoms with van der Waals surface area (Å²) in [6, 6.07) is 14.9. The first-order valence-electron chi connectivity index (χ1n) is 7.61. The average molecular weight is 462 g/mol. The van der Waals surface area contributed by atoms with Crippen molar-refractivity contribution >= 4 is 84.4 Å². The number of thiocarbonyl (C=S) groups is 1. The summed E-state index contributed by atoms with van der Waals surface area (Å²) in [5, 5.41) is 1.59. The van der Waals surface area contributed by atoms with E-state index < -0.39 is 0 Å². The number of carbonyl (C=O) groups is 1. The van der Waals surface area contributed by atoms with Gasteiger partial charge in [-0.25, -0.2) is 0 Å². The molecule has 3 aromatic rings. The van der Waals surface area contributed by atoms with Crippen LogP contribution in [0.25, 0.3) is 17.0 Å². The fraction of sp³-hybridized carbons (Fsp3) is 0. The van der Waals surface area contributed by atoms with Crippen LogP contribution >= 0.6 is 51.5 Å². The predicted octanol–water partition coefficient (Wildman–Crippen LogP) is 6.06. The van der Waals surface area contributed by atoms with Crippen LogP contribution in [0.2, 0.25) is 5.02 Å². The molecule has 1 amide bonds. The zero-order valence-corrected chi connectivity index (χ0v) is 17.1. The fourth-order valence-electron chi connectivity index (χ4n) is 2.69. The molecule has 1 fully saturated rings. The first-order valence-corrected chi connectivity index (χ1v) is 10.0. The first kappa shape index (κ1) is 17.7. The highest BCUT2D eigenvalue weighted by atomic mass is 79.9. The van der Waals surface area contributed by atoms with Crippen LogP contribution in [0.5, 0.6) is 0 Å². The minimum atomic E-state index is -0.149. The van der Waals surface area contributed by atoms with Gasteiger partial charge in [0.1, 0.15) is 0 Å². The standard InChI is InChI=1S/C19H10BrClN2OS2/c20-14-7-8-15(17-13(14)2-1-9-22-17)23-18(24)16(26-19(23)25)10-11-3-5-12(21)6-4-11/h1-10H/b16-10-. The number of pyridine rings is 1. The van der Waals surface area contributed by atoms with Gasteiger partial charge >= 0.3 is 0 Å². The predicted molar refractivity (Wildman–Crippen MR) is 117 cm³/mol. The van der Waals surface area contributed by atoms with Gasteiger partial charge in [-0.1, -0.05) is 69.7 Å². The van der Waals surface area contributed by atoms with Crippen molar-refractivity contribution in [2.45, 2.75) is 0 Å². The Balaban J connectivity index is 1.77. The molecule has 0 N–H and O–H groups in total. The smallest absolute Gasteiger partial charge is 0.268 e. The lowest BCUT2D eigenvalue weighted by molar-refractivity contribution is -0.113. The Morgan fingerprint density at radius 3 is 2.69 bits per heavy atom. The topological polar surface area (TPSA) is 33.2 Å². The maximum atomic E-state index is 13.0. The lowest BCUT2D eigenvalue weighted by atomic mass is 10.1. The largest absolute Gasteiger partial charge is 0.270 e. The van der Waals surface area contributed by atoms with Gasteiger partial charge in [0.2, 0.25) is 0 Å². The molecular weight excluding hydrogens is 452 g/mol. The molecular formula is C19H10BrClN2OS2. The molecule has 2 aromatic carbocycles. The molecule has 0 aliphatic carbocycles. The quantitative estimate of drug-likeness (QED) is 0.343. The van der Waals surface area contributed by atoms with Crippen LogP contribution in [0.3, 0.4) is 0 Å². The van der Waals surface area contributed by atoms with Gasteiger partial charge < -0.3 is 0 Å². The van der Waals surface area contributed by atoms with Crippen molar-refractivity contribution < 1.29 is 4.79 Å². The summed E-state index contributed by atoms with van der Waals surface area (Å²) in [5.74, 6) is -0.149. The molecule has 0 spiro atoms. The number of halogens is 2. The average Bonchev–Trinajstić information content (AvgIpc) is 2.91. The number of thioether (sulfide) groups is 1. The van der Waals surface area contributed by atoms with E-state index in [1.54, 1.807) is 23.2 Å². The molecule has 0 bridgehead atoms. The Kier molecular flexibility index (Phi) is 4.84. The van der Waals surface area contributed by atoms with Crippen LogP contribution < -0.4 is 4.90 Å². The minimum absolute atomic E-state index is 0.149. The number of amides is 1. The first-order chi connectivity index (χ1) is 12.5. The van der Waals surface area contributed by atoms with Crippen LogP contribution in [0.15, 0.2) is 64.1 Å². The van der Waals surface area contributed by atoms with Crippen LogP contribution in [0.1, 0.15) is 5.56 Å². The number of hydrogen-bond donors (Lipinski definition) is 0. The zero-order valence-electron chi connectivity index (χ0n) is 13.1. The van der Waals surface area contributed by atoms with Crippen LogP contribution in [-0.4, -0.2) is 15.2 Å².